The summed E-state index contributed by atoms with van der Waals surface area (Å²) in [5.41, 5.74) is 0.735. The molecule has 0 atom stereocenters. The molecule has 2 nitrogen and oxygen atoms in total. The molecule has 1 aliphatic heterocycles. The van der Waals surface area contributed by atoms with Crippen molar-refractivity contribution in [1.82, 2.24) is 5.32 Å². The topological polar surface area (TPSA) is 17.3 Å². The normalized spacial score (nSPS) is 17.1. The van der Waals surface area contributed by atoms with Crippen molar-refractivity contribution in [3.05, 3.63) is 29.8 Å². The largest absolute Gasteiger partial charge is 0.369 e. The molecule has 0 aromatic heterocycles. The van der Waals surface area contributed by atoms with E-state index in [1.165, 1.54) is 6.07 Å². The van der Waals surface area contributed by atoms with Gasteiger partial charge in [0, 0.05) is 37.9 Å². The summed E-state index contributed by atoms with van der Waals surface area (Å²) in [6.45, 7) is 3.09. The molecule has 0 unspecified atom stereocenters. The van der Waals surface area contributed by atoms with Crippen LogP contribution in [0.1, 0.15) is 0 Å². The zero-order chi connectivity index (χ0) is 9.97. The van der Waals surface area contributed by atoms with E-state index in [0.717, 1.165) is 37.9 Å². The molecule has 2 rings (SSSR count). The van der Waals surface area contributed by atoms with Crippen LogP contribution in [0.3, 0.4) is 0 Å². The molecule has 1 aliphatic rings. The first-order valence-corrected chi connectivity index (χ1v) is 4.60. The molecular weight excluding hydrogens is 186 g/mol. The Morgan fingerprint density at radius 2 is 1.79 bits per heavy atom. The highest BCUT2D eigenvalue weighted by Gasteiger charge is 2.12. The Balaban J connectivity index is 2.18. The van der Waals surface area contributed by atoms with E-state index in [1.807, 2.05) is 4.90 Å². The van der Waals surface area contributed by atoms with Crippen LogP contribution >= 0.6 is 0 Å². The van der Waals surface area contributed by atoms with Crippen molar-refractivity contribution in [3.63, 3.8) is 0 Å². The SMILES string of the molecule is Fc1ccc(N2CC[N]CC2)cc1F. The minimum Gasteiger partial charge on any atom is -0.369 e. The van der Waals surface area contributed by atoms with Crippen molar-refractivity contribution in [3.8, 4) is 0 Å². The standard InChI is InChI=1S/C10H11F2N2/c11-9-2-1-8(7-10(9)12)14-5-3-13-4-6-14/h1-2,7H,3-6H2. The summed E-state index contributed by atoms with van der Waals surface area (Å²) in [6.07, 6.45) is 0. The van der Waals surface area contributed by atoms with Gasteiger partial charge in [0.2, 0.25) is 0 Å². The van der Waals surface area contributed by atoms with Gasteiger partial charge in [0.15, 0.2) is 11.6 Å². The molecule has 0 spiro atoms. The van der Waals surface area contributed by atoms with Gasteiger partial charge >= 0.3 is 0 Å². The van der Waals surface area contributed by atoms with Crippen LogP contribution in [0.4, 0.5) is 14.5 Å². The van der Waals surface area contributed by atoms with Gasteiger partial charge in [-0.15, -0.1) is 0 Å². The predicted molar refractivity (Wildman–Crippen MR) is 50.4 cm³/mol. The summed E-state index contributed by atoms with van der Waals surface area (Å²) in [4.78, 5) is 2.01. The van der Waals surface area contributed by atoms with Crippen LogP contribution in [0.25, 0.3) is 0 Å². The Morgan fingerprint density at radius 1 is 1.07 bits per heavy atom. The summed E-state index contributed by atoms with van der Waals surface area (Å²) in [6, 6.07) is 4.00. The maximum Gasteiger partial charge on any atom is 0.160 e. The van der Waals surface area contributed by atoms with Crippen LogP contribution in [-0.2, 0) is 0 Å². The highest BCUT2D eigenvalue weighted by molar-refractivity contribution is 5.47. The number of hydrogen-bond acceptors (Lipinski definition) is 1. The third-order valence-corrected chi connectivity index (χ3v) is 2.32. The molecule has 1 aromatic rings. The van der Waals surface area contributed by atoms with E-state index in [2.05, 4.69) is 5.32 Å². The van der Waals surface area contributed by atoms with Crippen LogP contribution < -0.4 is 10.2 Å². The Morgan fingerprint density at radius 3 is 2.43 bits per heavy atom. The molecule has 0 saturated carbocycles. The third-order valence-electron chi connectivity index (χ3n) is 2.32. The highest BCUT2D eigenvalue weighted by Crippen LogP contribution is 2.18. The van der Waals surface area contributed by atoms with Crippen molar-refractivity contribution < 1.29 is 8.78 Å². The third kappa shape index (κ3) is 1.85. The number of nitrogens with zero attached hydrogens (tertiary/aromatic N) is 2. The fraction of sp³-hybridized carbons (Fsp3) is 0.400. The lowest BCUT2D eigenvalue weighted by molar-refractivity contribution is 0.507. The first-order chi connectivity index (χ1) is 6.77. The summed E-state index contributed by atoms with van der Waals surface area (Å²) in [5, 5.41) is 4.18. The van der Waals surface area contributed by atoms with Gasteiger partial charge in [-0.25, -0.2) is 14.1 Å². The Hall–Kier alpha value is -1.16. The molecule has 1 heterocycles. The van der Waals surface area contributed by atoms with E-state index in [9.17, 15) is 8.78 Å². The maximum absolute atomic E-state index is 12.9. The van der Waals surface area contributed by atoms with Crippen molar-refractivity contribution >= 4 is 5.69 Å². The Kier molecular flexibility index (Phi) is 2.63. The molecule has 0 N–H and O–H groups in total. The van der Waals surface area contributed by atoms with Gasteiger partial charge < -0.3 is 4.90 Å². The van der Waals surface area contributed by atoms with Gasteiger partial charge in [-0.3, -0.25) is 0 Å². The van der Waals surface area contributed by atoms with E-state index in [0.29, 0.717) is 0 Å². The number of piperazine rings is 1. The van der Waals surface area contributed by atoms with Crippen LogP contribution in [0.15, 0.2) is 18.2 Å². The smallest absolute Gasteiger partial charge is 0.160 e. The predicted octanol–water partition coefficient (Wildman–Crippen LogP) is 1.39. The van der Waals surface area contributed by atoms with Crippen LogP contribution in [0.5, 0.6) is 0 Å². The molecule has 0 amide bonds. The summed E-state index contributed by atoms with van der Waals surface area (Å²) < 4.78 is 25.6. The van der Waals surface area contributed by atoms with E-state index in [-0.39, 0.29) is 0 Å². The van der Waals surface area contributed by atoms with Gasteiger partial charge in [0.05, 0.1) is 0 Å². The molecule has 1 aromatic carbocycles. The lowest BCUT2D eigenvalue weighted by Gasteiger charge is -2.28. The van der Waals surface area contributed by atoms with Crippen molar-refractivity contribution in [2.24, 2.45) is 0 Å². The lowest BCUT2D eigenvalue weighted by atomic mass is 10.2. The first kappa shape index (κ1) is 9.40. The fourth-order valence-corrected chi connectivity index (χ4v) is 1.55. The van der Waals surface area contributed by atoms with E-state index >= 15 is 0 Å². The molecule has 1 radical (unpaired) electrons. The second-order valence-electron chi connectivity index (χ2n) is 3.26. The number of benzene rings is 1. The minimum absolute atomic E-state index is 0.735. The highest BCUT2D eigenvalue weighted by atomic mass is 19.2. The number of rotatable bonds is 1. The number of anilines is 1. The fourth-order valence-electron chi connectivity index (χ4n) is 1.55. The molecule has 14 heavy (non-hydrogen) atoms. The molecule has 0 bridgehead atoms. The molecule has 4 heteroatoms. The average molecular weight is 197 g/mol. The van der Waals surface area contributed by atoms with Gasteiger partial charge in [-0.1, -0.05) is 0 Å². The second-order valence-corrected chi connectivity index (χ2v) is 3.26. The minimum atomic E-state index is -0.796. The molecule has 75 valence electrons. The molecule has 0 aliphatic carbocycles. The van der Waals surface area contributed by atoms with Crippen molar-refractivity contribution in [2.45, 2.75) is 0 Å². The van der Waals surface area contributed by atoms with Gasteiger partial charge in [-0.2, -0.15) is 0 Å². The van der Waals surface area contributed by atoms with Crippen molar-refractivity contribution in [1.29, 1.82) is 0 Å². The van der Waals surface area contributed by atoms with Gasteiger partial charge in [0.25, 0.3) is 0 Å². The Bertz CT molecular complexity index is 322. The zero-order valence-corrected chi connectivity index (χ0v) is 7.71. The quantitative estimate of drug-likeness (QED) is 0.665. The number of hydrogen-bond donors (Lipinski definition) is 0. The number of halogens is 2. The van der Waals surface area contributed by atoms with E-state index in [4.69, 9.17) is 0 Å². The molecular formula is C10H11F2N2. The Labute approximate surface area is 81.5 Å². The van der Waals surface area contributed by atoms with Gasteiger partial charge in [-0.05, 0) is 12.1 Å². The van der Waals surface area contributed by atoms with Crippen LogP contribution in [0, 0.1) is 11.6 Å². The second kappa shape index (κ2) is 3.92. The maximum atomic E-state index is 12.9. The zero-order valence-electron chi connectivity index (χ0n) is 7.71. The van der Waals surface area contributed by atoms with Crippen LogP contribution in [0.2, 0.25) is 0 Å². The van der Waals surface area contributed by atoms with Crippen LogP contribution in [-0.4, -0.2) is 26.2 Å². The summed E-state index contributed by atoms with van der Waals surface area (Å²) >= 11 is 0. The summed E-state index contributed by atoms with van der Waals surface area (Å²) in [7, 11) is 0. The summed E-state index contributed by atoms with van der Waals surface area (Å²) in [5.74, 6) is -1.58. The van der Waals surface area contributed by atoms with E-state index < -0.39 is 11.6 Å². The molecule has 1 saturated heterocycles. The van der Waals surface area contributed by atoms with E-state index in [1.54, 1.807) is 6.07 Å². The van der Waals surface area contributed by atoms with Gasteiger partial charge in [0.1, 0.15) is 0 Å². The average Bonchev–Trinajstić information content (AvgIpc) is 2.23. The first-order valence-electron chi connectivity index (χ1n) is 4.60. The molecule has 1 fully saturated rings. The lowest BCUT2D eigenvalue weighted by Crippen LogP contribution is -2.40. The van der Waals surface area contributed by atoms with Crippen molar-refractivity contribution in [2.75, 3.05) is 31.1 Å². The monoisotopic (exact) mass is 197 g/mol.